The fraction of sp³-hybridized carbons (Fsp3) is 0.0690. The molecule has 62 heavy (non-hydrogen) atoms. The van der Waals surface area contributed by atoms with Gasteiger partial charge in [-0.2, -0.15) is 0 Å². The molecular weight excluding hydrogens is 796 g/mol. The molecule has 0 bridgehead atoms. The van der Waals surface area contributed by atoms with Crippen LogP contribution in [-0.2, 0) is 5.41 Å². The second-order valence-corrected chi connectivity index (χ2v) is 17.4. The molecule has 0 radical (unpaired) electrons. The van der Waals surface area contributed by atoms with Gasteiger partial charge in [-0.05, 0) is 87.8 Å². The highest BCUT2D eigenvalue weighted by molar-refractivity contribution is 6.31. The number of para-hydroxylation sites is 2. The third kappa shape index (κ3) is 8.41. The summed E-state index contributed by atoms with van der Waals surface area (Å²) >= 11 is 13.9. The van der Waals surface area contributed by atoms with E-state index in [1.54, 1.807) is 0 Å². The summed E-state index contributed by atoms with van der Waals surface area (Å²) in [7, 11) is 0. The zero-order chi connectivity index (χ0) is 42.6. The van der Waals surface area contributed by atoms with Crippen molar-refractivity contribution in [3.8, 4) is 44.5 Å². The summed E-state index contributed by atoms with van der Waals surface area (Å²) in [6.07, 6.45) is 0. The van der Waals surface area contributed by atoms with Crippen LogP contribution in [0.4, 0.5) is 34.1 Å². The number of nitrogens with zero attached hydrogens (tertiary/aromatic N) is 2. The Morgan fingerprint density at radius 1 is 0.306 bits per heavy atom. The maximum atomic E-state index is 6.94. The summed E-state index contributed by atoms with van der Waals surface area (Å²) in [5.74, 6) is 0. The van der Waals surface area contributed by atoms with Crippen LogP contribution < -0.4 is 9.80 Å². The third-order valence-corrected chi connectivity index (χ3v) is 11.7. The first-order valence-electron chi connectivity index (χ1n) is 21.0. The van der Waals surface area contributed by atoms with E-state index in [0.717, 1.165) is 78.6 Å². The fourth-order valence-electron chi connectivity index (χ4n) is 8.30. The van der Waals surface area contributed by atoms with Gasteiger partial charge in [-0.1, -0.05) is 214 Å². The van der Waals surface area contributed by atoms with Gasteiger partial charge in [-0.15, -0.1) is 0 Å². The van der Waals surface area contributed by atoms with Crippen LogP contribution in [0.15, 0.2) is 224 Å². The Kier molecular flexibility index (Phi) is 11.5. The zero-order valence-corrected chi connectivity index (χ0v) is 36.5. The second kappa shape index (κ2) is 17.6. The minimum atomic E-state index is -0.243. The van der Waals surface area contributed by atoms with Crippen molar-refractivity contribution in [2.45, 2.75) is 26.2 Å². The van der Waals surface area contributed by atoms with Crippen LogP contribution in [0.1, 0.15) is 26.3 Å². The van der Waals surface area contributed by atoms with Crippen molar-refractivity contribution < 1.29 is 0 Å². The number of hydrogen-bond acceptors (Lipinski definition) is 2. The number of halogens is 2. The molecule has 0 heterocycles. The number of anilines is 6. The smallest absolute Gasteiger partial charge is 0.0618 e. The lowest BCUT2D eigenvalue weighted by Crippen LogP contribution is -2.19. The van der Waals surface area contributed by atoms with Gasteiger partial charge in [-0.3, -0.25) is 0 Å². The molecular formula is C58H46Cl2N2. The van der Waals surface area contributed by atoms with Gasteiger partial charge in [0.2, 0.25) is 0 Å². The summed E-state index contributed by atoms with van der Waals surface area (Å²) < 4.78 is 0. The van der Waals surface area contributed by atoms with E-state index in [4.69, 9.17) is 23.2 Å². The Morgan fingerprint density at radius 2 is 0.613 bits per heavy atom. The maximum absolute atomic E-state index is 6.94. The quantitative estimate of drug-likeness (QED) is 0.135. The molecule has 0 unspecified atom stereocenters. The normalized spacial score (nSPS) is 11.3. The predicted octanol–water partition coefficient (Wildman–Crippen LogP) is 17.9. The Hall–Kier alpha value is -6.84. The van der Waals surface area contributed by atoms with Crippen molar-refractivity contribution in [2.75, 3.05) is 9.80 Å². The lowest BCUT2D eigenvalue weighted by atomic mass is 9.85. The Bertz CT molecular complexity index is 2650. The molecule has 0 saturated heterocycles. The van der Waals surface area contributed by atoms with E-state index in [0.29, 0.717) is 10.0 Å². The van der Waals surface area contributed by atoms with Crippen molar-refractivity contribution in [3.05, 3.63) is 240 Å². The molecule has 0 spiro atoms. The van der Waals surface area contributed by atoms with E-state index in [1.165, 1.54) is 5.56 Å². The Morgan fingerprint density at radius 3 is 0.903 bits per heavy atom. The first kappa shape index (κ1) is 40.6. The van der Waals surface area contributed by atoms with Crippen molar-refractivity contribution in [1.29, 1.82) is 0 Å². The van der Waals surface area contributed by atoms with Crippen LogP contribution in [0, 0.1) is 0 Å². The highest BCUT2D eigenvalue weighted by Crippen LogP contribution is 2.52. The van der Waals surface area contributed by atoms with Crippen LogP contribution in [0.25, 0.3) is 44.5 Å². The SMILES string of the molecule is CC(C)(C)c1cc(N(c2cccc(Cl)c2)c2c(-c3ccccc3)cccc2-c2ccccc2)cc(N(c2cccc(Cl)c2)c2c(-c3ccccc3)cccc2-c2ccccc2)c1. The molecule has 0 atom stereocenters. The van der Waals surface area contributed by atoms with E-state index in [9.17, 15) is 0 Å². The van der Waals surface area contributed by atoms with E-state index < -0.39 is 0 Å². The Labute approximate surface area is 375 Å². The lowest BCUT2D eigenvalue weighted by molar-refractivity contribution is 0.590. The summed E-state index contributed by atoms with van der Waals surface area (Å²) in [5.41, 5.74) is 15.7. The Balaban J connectivity index is 1.41. The minimum absolute atomic E-state index is 0.243. The van der Waals surface area contributed by atoms with Crippen LogP contribution in [0.3, 0.4) is 0 Å². The number of hydrogen-bond donors (Lipinski definition) is 0. The van der Waals surface area contributed by atoms with Gasteiger partial charge in [0.15, 0.2) is 0 Å². The van der Waals surface area contributed by atoms with Crippen LogP contribution in [0.5, 0.6) is 0 Å². The van der Waals surface area contributed by atoms with Gasteiger partial charge in [-0.25, -0.2) is 0 Å². The largest absolute Gasteiger partial charge is 0.309 e. The van der Waals surface area contributed by atoms with Crippen LogP contribution in [0.2, 0.25) is 10.0 Å². The first-order chi connectivity index (χ1) is 30.2. The third-order valence-electron chi connectivity index (χ3n) is 11.3. The molecule has 9 rings (SSSR count). The zero-order valence-electron chi connectivity index (χ0n) is 35.0. The van der Waals surface area contributed by atoms with Gasteiger partial charge in [0, 0.05) is 55.0 Å². The van der Waals surface area contributed by atoms with E-state index in [1.807, 2.05) is 24.3 Å². The van der Waals surface area contributed by atoms with Crippen LogP contribution >= 0.6 is 23.2 Å². The highest BCUT2D eigenvalue weighted by atomic mass is 35.5. The molecule has 302 valence electrons. The lowest BCUT2D eigenvalue weighted by Gasteiger charge is -2.35. The highest BCUT2D eigenvalue weighted by Gasteiger charge is 2.28. The van der Waals surface area contributed by atoms with Gasteiger partial charge in [0.25, 0.3) is 0 Å². The molecule has 9 aromatic carbocycles. The minimum Gasteiger partial charge on any atom is -0.309 e. The summed E-state index contributed by atoms with van der Waals surface area (Å²) in [6, 6.07) is 79.2. The van der Waals surface area contributed by atoms with E-state index in [2.05, 4.69) is 231 Å². The van der Waals surface area contributed by atoms with Crippen molar-refractivity contribution in [1.82, 2.24) is 0 Å². The molecule has 0 aliphatic rings. The topological polar surface area (TPSA) is 6.48 Å². The average Bonchev–Trinajstić information content (AvgIpc) is 3.30. The molecule has 4 heteroatoms. The van der Waals surface area contributed by atoms with Gasteiger partial charge in [0.1, 0.15) is 0 Å². The van der Waals surface area contributed by atoms with Gasteiger partial charge < -0.3 is 9.80 Å². The van der Waals surface area contributed by atoms with Crippen molar-refractivity contribution in [3.63, 3.8) is 0 Å². The van der Waals surface area contributed by atoms with Gasteiger partial charge >= 0.3 is 0 Å². The molecule has 0 saturated carbocycles. The molecule has 0 aromatic heterocycles. The van der Waals surface area contributed by atoms with E-state index in [-0.39, 0.29) is 5.41 Å². The predicted molar refractivity (Wildman–Crippen MR) is 266 cm³/mol. The first-order valence-corrected chi connectivity index (χ1v) is 21.7. The second-order valence-electron chi connectivity index (χ2n) is 16.5. The standard InChI is InChI=1S/C58H46Cl2N2/c1-58(2,3)45-36-50(61(48-30-16-28-46(59)38-48)56-52(41-20-8-4-9-21-41)32-18-33-53(56)42-22-10-5-11-23-42)40-51(37-45)62(49-31-17-29-47(60)39-49)57-54(43-24-12-6-13-25-43)34-19-35-55(57)44-26-14-7-15-27-44/h4-40H,1-3H3. The van der Waals surface area contributed by atoms with Crippen molar-refractivity contribution >= 4 is 57.3 Å². The molecule has 2 nitrogen and oxygen atoms in total. The summed E-state index contributed by atoms with van der Waals surface area (Å²) in [5, 5.41) is 1.31. The van der Waals surface area contributed by atoms with Gasteiger partial charge in [0.05, 0.1) is 11.4 Å². The monoisotopic (exact) mass is 840 g/mol. The average molecular weight is 842 g/mol. The van der Waals surface area contributed by atoms with Crippen LogP contribution in [-0.4, -0.2) is 0 Å². The maximum Gasteiger partial charge on any atom is 0.0618 e. The molecule has 0 fully saturated rings. The molecule has 0 amide bonds. The molecule has 0 aliphatic heterocycles. The van der Waals surface area contributed by atoms with E-state index >= 15 is 0 Å². The van der Waals surface area contributed by atoms with Crippen molar-refractivity contribution in [2.24, 2.45) is 0 Å². The molecule has 0 N–H and O–H groups in total. The summed E-state index contributed by atoms with van der Waals surface area (Å²) in [6.45, 7) is 6.85. The molecule has 9 aromatic rings. The summed E-state index contributed by atoms with van der Waals surface area (Å²) in [4.78, 5) is 4.79. The number of benzene rings is 9. The molecule has 0 aliphatic carbocycles. The fourth-order valence-corrected chi connectivity index (χ4v) is 8.67. The number of rotatable bonds is 10.